The fourth-order valence-electron chi connectivity index (χ4n) is 1.42. The molecule has 0 aliphatic carbocycles. The molecule has 1 heterocycles. The number of nitrogens with one attached hydrogen (secondary N) is 1. The Morgan fingerprint density at radius 1 is 1.60 bits per heavy atom. The number of imide groups is 1. The summed E-state index contributed by atoms with van der Waals surface area (Å²) in [6, 6.07) is 0. The van der Waals surface area contributed by atoms with Crippen molar-refractivity contribution >= 4 is 29.5 Å². The molecule has 0 radical (unpaired) electrons. The second-order valence-electron chi connectivity index (χ2n) is 3.30. The first-order valence-corrected chi connectivity index (χ1v) is 5.96. The zero-order valence-electron chi connectivity index (χ0n) is 8.78. The molecule has 3 amide bonds. The summed E-state index contributed by atoms with van der Waals surface area (Å²) in [5.41, 5.74) is 0. The topological polar surface area (TPSA) is 66.5 Å². The number of carbonyl (C=O) groups excluding carboxylic acids is 3. The van der Waals surface area contributed by atoms with E-state index in [1.54, 1.807) is 0 Å². The maximum atomic E-state index is 11.6. The van der Waals surface area contributed by atoms with Crippen molar-refractivity contribution in [2.75, 3.05) is 19.3 Å². The number of rotatable bonds is 4. The van der Waals surface area contributed by atoms with Crippen LogP contribution in [0.15, 0.2) is 0 Å². The Morgan fingerprint density at radius 3 is 2.73 bits per heavy atom. The van der Waals surface area contributed by atoms with Gasteiger partial charge in [0.1, 0.15) is 0 Å². The standard InChI is InChI=1S/C9H14N2O3S/c1-6(12)10-3-4-11-8(13)5-7(15-2)9(11)14/h7H,3-5H2,1-2H3,(H,10,12). The van der Waals surface area contributed by atoms with Crippen molar-refractivity contribution < 1.29 is 14.4 Å². The average Bonchev–Trinajstić information content (AvgIpc) is 2.44. The summed E-state index contributed by atoms with van der Waals surface area (Å²) in [5, 5.41) is 2.31. The van der Waals surface area contributed by atoms with Crippen LogP contribution in [-0.4, -0.2) is 47.2 Å². The Hall–Kier alpha value is -1.04. The highest BCUT2D eigenvalue weighted by Gasteiger charge is 2.37. The van der Waals surface area contributed by atoms with E-state index in [9.17, 15) is 14.4 Å². The molecule has 0 aromatic rings. The van der Waals surface area contributed by atoms with Crippen LogP contribution in [0.1, 0.15) is 13.3 Å². The molecule has 0 spiro atoms. The molecule has 1 atom stereocenters. The summed E-state index contributed by atoms with van der Waals surface area (Å²) >= 11 is 1.39. The van der Waals surface area contributed by atoms with Crippen LogP contribution >= 0.6 is 11.8 Å². The third-order valence-electron chi connectivity index (χ3n) is 2.20. The minimum Gasteiger partial charge on any atom is -0.355 e. The van der Waals surface area contributed by atoms with Crippen LogP contribution < -0.4 is 5.32 Å². The van der Waals surface area contributed by atoms with E-state index in [4.69, 9.17) is 0 Å². The molecule has 0 aromatic carbocycles. The lowest BCUT2D eigenvalue weighted by Crippen LogP contribution is -2.38. The lowest BCUT2D eigenvalue weighted by molar-refractivity contribution is -0.138. The average molecular weight is 230 g/mol. The van der Waals surface area contributed by atoms with Crippen LogP contribution in [0.25, 0.3) is 0 Å². The number of likely N-dealkylation sites (tertiary alicyclic amines) is 1. The molecule has 6 heteroatoms. The molecule has 0 aromatic heterocycles. The van der Waals surface area contributed by atoms with E-state index >= 15 is 0 Å². The third kappa shape index (κ3) is 2.95. The van der Waals surface area contributed by atoms with Crippen LogP contribution in [0.2, 0.25) is 0 Å². The van der Waals surface area contributed by atoms with Gasteiger partial charge in [0.2, 0.25) is 17.7 Å². The monoisotopic (exact) mass is 230 g/mol. The molecular weight excluding hydrogens is 216 g/mol. The van der Waals surface area contributed by atoms with E-state index in [0.29, 0.717) is 6.54 Å². The van der Waals surface area contributed by atoms with Gasteiger partial charge in [0.25, 0.3) is 0 Å². The number of carbonyl (C=O) groups is 3. The summed E-state index contributed by atoms with van der Waals surface area (Å²) in [6.45, 7) is 2.00. The summed E-state index contributed by atoms with van der Waals surface area (Å²) < 4.78 is 0. The first-order valence-electron chi connectivity index (χ1n) is 4.67. The molecule has 1 unspecified atom stereocenters. The highest BCUT2D eigenvalue weighted by atomic mass is 32.2. The highest BCUT2D eigenvalue weighted by Crippen LogP contribution is 2.22. The first-order chi connectivity index (χ1) is 7.06. The molecule has 15 heavy (non-hydrogen) atoms. The zero-order valence-corrected chi connectivity index (χ0v) is 9.60. The largest absolute Gasteiger partial charge is 0.355 e. The van der Waals surface area contributed by atoms with Crippen molar-refractivity contribution in [3.8, 4) is 0 Å². The quantitative estimate of drug-likeness (QED) is 0.668. The fraction of sp³-hybridized carbons (Fsp3) is 0.667. The lowest BCUT2D eigenvalue weighted by atomic mass is 10.4. The number of nitrogens with zero attached hydrogens (tertiary/aromatic N) is 1. The van der Waals surface area contributed by atoms with Crippen molar-refractivity contribution in [1.82, 2.24) is 10.2 Å². The van der Waals surface area contributed by atoms with Crippen LogP contribution in [0, 0.1) is 0 Å². The summed E-state index contributed by atoms with van der Waals surface area (Å²) in [6.07, 6.45) is 2.09. The van der Waals surface area contributed by atoms with Crippen molar-refractivity contribution in [2.45, 2.75) is 18.6 Å². The Balaban J connectivity index is 2.44. The highest BCUT2D eigenvalue weighted by molar-refractivity contribution is 8.00. The molecule has 1 aliphatic rings. The Kier molecular flexibility index (Phi) is 4.14. The number of amides is 3. The van der Waals surface area contributed by atoms with Crippen molar-refractivity contribution in [3.05, 3.63) is 0 Å². The van der Waals surface area contributed by atoms with E-state index < -0.39 is 0 Å². The first kappa shape index (κ1) is 12.0. The number of hydrogen-bond acceptors (Lipinski definition) is 4. The Bertz CT molecular complexity index is 293. The molecule has 1 aliphatic heterocycles. The molecule has 84 valence electrons. The van der Waals surface area contributed by atoms with Crippen LogP contribution in [-0.2, 0) is 14.4 Å². The van der Waals surface area contributed by atoms with E-state index in [0.717, 1.165) is 0 Å². The number of hydrogen-bond donors (Lipinski definition) is 1. The second kappa shape index (κ2) is 5.16. The Morgan fingerprint density at radius 2 is 2.27 bits per heavy atom. The van der Waals surface area contributed by atoms with Gasteiger partial charge < -0.3 is 5.32 Å². The van der Waals surface area contributed by atoms with Gasteiger partial charge >= 0.3 is 0 Å². The predicted octanol–water partition coefficient (Wildman–Crippen LogP) is -0.387. The second-order valence-corrected chi connectivity index (χ2v) is 4.34. The summed E-state index contributed by atoms with van der Waals surface area (Å²) in [4.78, 5) is 34.8. The smallest absolute Gasteiger partial charge is 0.242 e. The van der Waals surface area contributed by atoms with Crippen molar-refractivity contribution in [3.63, 3.8) is 0 Å². The van der Waals surface area contributed by atoms with E-state index in [1.807, 2.05) is 6.26 Å². The molecule has 0 bridgehead atoms. The summed E-state index contributed by atoms with van der Waals surface area (Å²) in [7, 11) is 0. The normalized spacial score (nSPS) is 20.9. The van der Waals surface area contributed by atoms with Gasteiger partial charge in [0.15, 0.2) is 0 Å². The van der Waals surface area contributed by atoms with Gasteiger partial charge in [0.05, 0.1) is 5.25 Å². The van der Waals surface area contributed by atoms with Crippen molar-refractivity contribution in [2.24, 2.45) is 0 Å². The predicted molar refractivity (Wildman–Crippen MR) is 57.3 cm³/mol. The lowest BCUT2D eigenvalue weighted by Gasteiger charge is -2.14. The van der Waals surface area contributed by atoms with Gasteiger partial charge in [-0.15, -0.1) is 0 Å². The maximum Gasteiger partial charge on any atom is 0.242 e. The minimum absolute atomic E-state index is 0.141. The van der Waals surface area contributed by atoms with Gasteiger partial charge in [-0.1, -0.05) is 0 Å². The molecule has 1 saturated heterocycles. The minimum atomic E-state index is -0.241. The molecule has 0 saturated carbocycles. The van der Waals surface area contributed by atoms with Crippen LogP contribution in [0.4, 0.5) is 0 Å². The molecule has 1 N–H and O–H groups in total. The van der Waals surface area contributed by atoms with Gasteiger partial charge in [-0.3, -0.25) is 19.3 Å². The van der Waals surface area contributed by atoms with E-state index in [2.05, 4.69) is 5.32 Å². The van der Waals surface area contributed by atoms with Crippen LogP contribution in [0.3, 0.4) is 0 Å². The van der Waals surface area contributed by atoms with Gasteiger partial charge in [-0.05, 0) is 6.26 Å². The SMILES string of the molecule is CSC1CC(=O)N(CCNC(C)=O)C1=O. The number of thioether (sulfide) groups is 1. The third-order valence-corrected chi connectivity index (χ3v) is 3.13. The Labute approximate surface area is 92.6 Å². The van der Waals surface area contributed by atoms with Crippen molar-refractivity contribution in [1.29, 1.82) is 0 Å². The fourth-order valence-corrected chi connectivity index (χ4v) is 2.05. The molecule has 1 rings (SSSR count). The van der Waals surface area contributed by atoms with Gasteiger partial charge in [-0.25, -0.2) is 0 Å². The molecular formula is C9H14N2O3S. The zero-order chi connectivity index (χ0) is 11.4. The van der Waals surface area contributed by atoms with Gasteiger partial charge in [0, 0.05) is 26.4 Å². The maximum absolute atomic E-state index is 11.6. The van der Waals surface area contributed by atoms with E-state index in [1.165, 1.54) is 23.6 Å². The summed E-state index contributed by atoms with van der Waals surface area (Å²) in [5.74, 6) is -0.446. The van der Waals surface area contributed by atoms with Crippen LogP contribution in [0.5, 0.6) is 0 Å². The van der Waals surface area contributed by atoms with E-state index in [-0.39, 0.29) is 35.9 Å². The molecule has 1 fully saturated rings. The van der Waals surface area contributed by atoms with Gasteiger partial charge in [-0.2, -0.15) is 11.8 Å². The molecule has 5 nitrogen and oxygen atoms in total.